The first kappa shape index (κ1) is 15.8. The first-order valence-corrected chi connectivity index (χ1v) is 7.94. The summed E-state index contributed by atoms with van der Waals surface area (Å²) in [5.41, 5.74) is 1.68. The molecule has 0 fully saturated rings. The van der Waals surface area contributed by atoms with E-state index in [1.54, 1.807) is 16.7 Å². The van der Waals surface area contributed by atoms with Crippen molar-refractivity contribution in [2.24, 2.45) is 0 Å². The van der Waals surface area contributed by atoms with Crippen LogP contribution in [0.15, 0.2) is 12.1 Å². The van der Waals surface area contributed by atoms with Crippen molar-refractivity contribution in [1.82, 2.24) is 9.88 Å². The van der Waals surface area contributed by atoms with Crippen molar-refractivity contribution in [2.75, 3.05) is 38.0 Å². The van der Waals surface area contributed by atoms with Crippen molar-refractivity contribution < 1.29 is 4.79 Å². The number of carbonyl (C=O) groups excluding carboxylic acids is 1. The monoisotopic (exact) mass is 281 g/mol. The van der Waals surface area contributed by atoms with Gasteiger partial charge in [-0.2, -0.15) is 11.8 Å². The second-order valence-electron chi connectivity index (χ2n) is 4.45. The third-order valence-electron chi connectivity index (χ3n) is 2.87. The van der Waals surface area contributed by atoms with E-state index in [-0.39, 0.29) is 5.91 Å². The summed E-state index contributed by atoms with van der Waals surface area (Å²) >= 11 is 1.74. The minimum atomic E-state index is 0.0605. The standard InChI is InChI=1S/C14H23N3OS/c1-5-6-12-9-11(10-13(15-2)16-12)14(18)17(3)7-8-19-4/h9-10H,5-8H2,1-4H3,(H,15,16). The Hall–Kier alpha value is -1.23. The number of nitrogens with one attached hydrogen (secondary N) is 1. The zero-order valence-corrected chi connectivity index (χ0v) is 13.0. The third-order valence-corrected chi connectivity index (χ3v) is 3.46. The molecule has 0 aliphatic rings. The molecule has 0 radical (unpaired) electrons. The van der Waals surface area contributed by atoms with Crippen molar-refractivity contribution in [3.63, 3.8) is 0 Å². The number of amides is 1. The Bertz CT molecular complexity index is 423. The van der Waals surface area contributed by atoms with E-state index in [0.29, 0.717) is 5.56 Å². The number of nitrogens with zero attached hydrogens (tertiary/aromatic N) is 2. The summed E-state index contributed by atoms with van der Waals surface area (Å²) in [5.74, 6) is 1.77. The molecule has 0 saturated heterocycles. The number of pyridine rings is 1. The molecule has 0 aliphatic heterocycles. The highest BCUT2D eigenvalue weighted by molar-refractivity contribution is 7.98. The molecular weight excluding hydrogens is 258 g/mol. The van der Waals surface area contributed by atoms with Gasteiger partial charge >= 0.3 is 0 Å². The van der Waals surface area contributed by atoms with Crippen LogP contribution in [0.3, 0.4) is 0 Å². The number of aromatic nitrogens is 1. The maximum atomic E-state index is 12.3. The molecule has 1 aromatic rings. The summed E-state index contributed by atoms with van der Waals surface area (Å²) in [7, 11) is 3.67. The molecule has 1 amide bonds. The van der Waals surface area contributed by atoms with Crippen LogP contribution in [0.4, 0.5) is 5.82 Å². The molecule has 1 aromatic heterocycles. The van der Waals surface area contributed by atoms with Gasteiger partial charge in [0.05, 0.1) is 0 Å². The van der Waals surface area contributed by atoms with Crippen LogP contribution in [0.5, 0.6) is 0 Å². The van der Waals surface area contributed by atoms with E-state index in [9.17, 15) is 4.79 Å². The molecular formula is C14H23N3OS. The van der Waals surface area contributed by atoms with E-state index in [0.717, 1.165) is 36.7 Å². The van der Waals surface area contributed by atoms with E-state index >= 15 is 0 Å². The Morgan fingerprint density at radius 3 is 2.79 bits per heavy atom. The molecule has 4 nitrogen and oxygen atoms in total. The fourth-order valence-corrected chi connectivity index (χ4v) is 2.23. The fourth-order valence-electron chi connectivity index (χ4n) is 1.77. The van der Waals surface area contributed by atoms with E-state index < -0.39 is 0 Å². The number of carbonyl (C=O) groups is 1. The molecule has 106 valence electrons. The molecule has 5 heteroatoms. The van der Waals surface area contributed by atoms with Gasteiger partial charge < -0.3 is 10.2 Å². The van der Waals surface area contributed by atoms with Crippen molar-refractivity contribution >= 4 is 23.5 Å². The van der Waals surface area contributed by atoms with Crippen LogP contribution in [0.25, 0.3) is 0 Å². The lowest BCUT2D eigenvalue weighted by molar-refractivity contribution is 0.0803. The minimum Gasteiger partial charge on any atom is -0.373 e. The Labute approximate surface area is 120 Å². The third kappa shape index (κ3) is 4.74. The van der Waals surface area contributed by atoms with Crippen molar-refractivity contribution in [3.8, 4) is 0 Å². The highest BCUT2D eigenvalue weighted by Crippen LogP contribution is 2.13. The smallest absolute Gasteiger partial charge is 0.253 e. The van der Waals surface area contributed by atoms with E-state index in [1.165, 1.54) is 0 Å². The molecule has 0 aliphatic carbocycles. The number of aryl methyl sites for hydroxylation is 1. The van der Waals surface area contributed by atoms with Gasteiger partial charge in [0.2, 0.25) is 0 Å². The topological polar surface area (TPSA) is 45.2 Å². The summed E-state index contributed by atoms with van der Waals surface area (Å²) in [6, 6.07) is 3.72. The van der Waals surface area contributed by atoms with Crippen LogP contribution >= 0.6 is 11.8 Å². The van der Waals surface area contributed by atoms with Crippen LogP contribution < -0.4 is 5.32 Å². The molecule has 0 saturated carbocycles. The van der Waals surface area contributed by atoms with E-state index in [1.807, 2.05) is 32.5 Å². The van der Waals surface area contributed by atoms with Gasteiger partial charge in [-0.05, 0) is 24.8 Å². The van der Waals surface area contributed by atoms with E-state index in [4.69, 9.17) is 0 Å². The zero-order chi connectivity index (χ0) is 14.3. The van der Waals surface area contributed by atoms with Gasteiger partial charge in [0.15, 0.2) is 0 Å². The van der Waals surface area contributed by atoms with Crippen LogP contribution in [0, 0.1) is 0 Å². The second-order valence-corrected chi connectivity index (χ2v) is 5.44. The Kier molecular flexibility index (Phi) is 6.70. The van der Waals surface area contributed by atoms with Crippen LogP contribution in [0.2, 0.25) is 0 Å². The SMILES string of the molecule is CCCc1cc(C(=O)N(C)CCSC)cc(NC)n1. The van der Waals surface area contributed by atoms with Crippen LogP contribution in [0.1, 0.15) is 29.4 Å². The van der Waals surface area contributed by atoms with Gasteiger partial charge in [-0.3, -0.25) is 4.79 Å². The molecule has 1 N–H and O–H groups in total. The molecule has 1 rings (SSSR count). The maximum absolute atomic E-state index is 12.3. The lowest BCUT2D eigenvalue weighted by atomic mass is 10.1. The van der Waals surface area contributed by atoms with Gasteiger partial charge in [0, 0.05) is 37.7 Å². The Morgan fingerprint density at radius 1 is 1.47 bits per heavy atom. The first-order valence-electron chi connectivity index (χ1n) is 6.55. The zero-order valence-electron chi connectivity index (χ0n) is 12.2. The Balaban J connectivity index is 2.91. The average Bonchev–Trinajstić information content (AvgIpc) is 2.43. The molecule has 19 heavy (non-hydrogen) atoms. The summed E-state index contributed by atoms with van der Waals surface area (Å²) < 4.78 is 0. The van der Waals surface area contributed by atoms with Gasteiger partial charge in [0.1, 0.15) is 5.82 Å². The summed E-state index contributed by atoms with van der Waals surface area (Å²) in [5, 5.41) is 3.02. The minimum absolute atomic E-state index is 0.0605. The molecule has 0 atom stereocenters. The second kappa shape index (κ2) is 8.04. The predicted molar refractivity (Wildman–Crippen MR) is 83.1 cm³/mol. The van der Waals surface area contributed by atoms with Crippen LogP contribution in [-0.2, 0) is 6.42 Å². The molecule has 0 aromatic carbocycles. The number of hydrogen-bond donors (Lipinski definition) is 1. The quantitative estimate of drug-likeness (QED) is 0.834. The highest BCUT2D eigenvalue weighted by Gasteiger charge is 2.13. The van der Waals surface area contributed by atoms with Gasteiger partial charge in [0.25, 0.3) is 5.91 Å². The molecule has 0 unspecified atom stereocenters. The highest BCUT2D eigenvalue weighted by atomic mass is 32.2. The Morgan fingerprint density at radius 2 is 2.21 bits per heavy atom. The maximum Gasteiger partial charge on any atom is 0.253 e. The molecule has 0 bridgehead atoms. The molecule has 1 heterocycles. The summed E-state index contributed by atoms with van der Waals surface area (Å²) in [6.45, 7) is 2.88. The largest absolute Gasteiger partial charge is 0.373 e. The van der Waals surface area contributed by atoms with Gasteiger partial charge in [-0.15, -0.1) is 0 Å². The van der Waals surface area contributed by atoms with Gasteiger partial charge in [-0.1, -0.05) is 13.3 Å². The summed E-state index contributed by atoms with van der Waals surface area (Å²) in [4.78, 5) is 18.6. The fraction of sp³-hybridized carbons (Fsp3) is 0.571. The van der Waals surface area contributed by atoms with Crippen LogP contribution in [-0.4, -0.2) is 48.4 Å². The van der Waals surface area contributed by atoms with Crippen molar-refractivity contribution in [2.45, 2.75) is 19.8 Å². The van der Waals surface area contributed by atoms with E-state index in [2.05, 4.69) is 17.2 Å². The average molecular weight is 281 g/mol. The molecule has 0 spiro atoms. The normalized spacial score (nSPS) is 10.3. The number of rotatable bonds is 7. The number of hydrogen-bond acceptors (Lipinski definition) is 4. The predicted octanol–water partition coefficient (Wildman–Crippen LogP) is 2.51. The number of thioether (sulfide) groups is 1. The van der Waals surface area contributed by atoms with Crippen molar-refractivity contribution in [1.29, 1.82) is 0 Å². The lowest BCUT2D eigenvalue weighted by Crippen LogP contribution is -2.29. The lowest BCUT2D eigenvalue weighted by Gasteiger charge is -2.17. The first-order chi connectivity index (χ1) is 9.12. The van der Waals surface area contributed by atoms with Gasteiger partial charge in [-0.25, -0.2) is 4.98 Å². The van der Waals surface area contributed by atoms with Crippen molar-refractivity contribution in [3.05, 3.63) is 23.4 Å². The number of anilines is 1. The summed E-state index contributed by atoms with van der Waals surface area (Å²) in [6.07, 6.45) is 3.96.